The predicted molar refractivity (Wildman–Crippen MR) is 136 cm³/mol. The van der Waals surface area contributed by atoms with E-state index in [2.05, 4.69) is 0 Å². The molecule has 2 heterocycles. The zero-order valence-electron chi connectivity index (χ0n) is 22.7. The lowest BCUT2D eigenvalue weighted by Gasteiger charge is -2.43. The van der Waals surface area contributed by atoms with Crippen LogP contribution < -0.4 is 0 Å². The first-order valence-electron chi connectivity index (χ1n) is 13.9. The van der Waals surface area contributed by atoms with E-state index in [0.717, 1.165) is 0 Å². The maximum atomic E-state index is 13.2. The lowest BCUT2D eigenvalue weighted by Crippen LogP contribution is -2.57. The average molecular weight is 541 g/mol. The molecule has 0 aromatic rings. The normalized spacial score (nSPS) is 50.3. The number of rotatable bonds is 3. The van der Waals surface area contributed by atoms with Crippen LogP contribution in [0.15, 0.2) is 35.5 Å². The Hall–Kier alpha value is -2.62. The molecule has 0 unspecified atom stereocenters. The number of fused-ring (bicyclic) bond motifs is 6. The summed E-state index contributed by atoms with van der Waals surface area (Å²) in [6.07, 6.45) is 5.38. The number of carbonyl (C=O) groups is 4. The molecule has 210 valence electrons. The summed E-state index contributed by atoms with van der Waals surface area (Å²) in [6, 6.07) is 0. The van der Waals surface area contributed by atoms with Crippen LogP contribution in [0.3, 0.4) is 0 Å². The summed E-state index contributed by atoms with van der Waals surface area (Å²) in [5, 5.41) is 34.9. The highest BCUT2D eigenvalue weighted by Gasteiger charge is 2.71. The van der Waals surface area contributed by atoms with Crippen molar-refractivity contribution in [2.75, 3.05) is 0 Å². The van der Waals surface area contributed by atoms with E-state index in [0.29, 0.717) is 36.8 Å². The largest absolute Gasteiger partial charge is 0.459 e. The minimum atomic E-state index is -1.97. The lowest BCUT2D eigenvalue weighted by molar-refractivity contribution is -0.169. The maximum Gasteiger partial charge on any atom is 0.338 e. The minimum absolute atomic E-state index is 0.00667. The van der Waals surface area contributed by atoms with Gasteiger partial charge in [0.2, 0.25) is 0 Å². The molecule has 2 saturated carbocycles. The van der Waals surface area contributed by atoms with E-state index in [1.165, 1.54) is 24.3 Å². The van der Waals surface area contributed by atoms with Gasteiger partial charge in [-0.3, -0.25) is 9.59 Å². The Morgan fingerprint density at radius 1 is 0.846 bits per heavy atom. The number of hydrogen-bond acceptors (Lipinski definition) is 9. The molecular formula is C30H36O9. The molecule has 1 saturated heterocycles. The molecule has 0 bridgehead atoms. The van der Waals surface area contributed by atoms with E-state index in [1.54, 1.807) is 13.8 Å². The van der Waals surface area contributed by atoms with Crippen LogP contribution in [0.1, 0.15) is 66.2 Å². The van der Waals surface area contributed by atoms with Crippen molar-refractivity contribution in [3.63, 3.8) is 0 Å². The van der Waals surface area contributed by atoms with Crippen LogP contribution in [-0.2, 0) is 28.7 Å². The van der Waals surface area contributed by atoms with Crippen molar-refractivity contribution < 1.29 is 44.0 Å². The van der Waals surface area contributed by atoms with Gasteiger partial charge in [0.15, 0.2) is 17.2 Å². The second-order valence-electron chi connectivity index (χ2n) is 13.0. The topological polar surface area (TPSA) is 147 Å². The molecule has 0 radical (unpaired) electrons. The first kappa shape index (κ1) is 26.6. The summed E-state index contributed by atoms with van der Waals surface area (Å²) in [6.45, 7) is 6.94. The number of carbonyl (C=O) groups excluding carboxylic acids is 4. The van der Waals surface area contributed by atoms with Crippen molar-refractivity contribution in [3.05, 3.63) is 35.5 Å². The molecule has 3 fully saturated rings. The first-order chi connectivity index (χ1) is 18.2. The van der Waals surface area contributed by atoms with Crippen molar-refractivity contribution in [2.45, 2.75) is 95.2 Å². The fraction of sp³-hybridized carbons (Fsp3) is 0.667. The standard InChI is InChI=1S/C30H36O9/c1-15-5-7-17-18(24(33)38-22(17)26(3)20(31)10-13-29(15,26)36)9-12-28(35)19-8-6-16(2)30(37)14-11-21(32)27(30,4)23(19)39-25(28)34/h10-11,13-16,19,22-23,35-37H,5-9,12H2,1-4H3/t15-,16-,19+,22+,23+,26-,27-,28-,29+,30+/m0/s1. The Morgan fingerprint density at radius 2 is 1.44 bits per heavy atom. The van der Waals surface area contributed by atoms with Gasteiger partial charge in [0, 0.05) is 11.5 Å². The zero-order chi connectivity index (χ0) is 28.3. The van der Waals surface area contributed by atoms with E-state index in [-0.39, 0.29) is 36.2 Å². The highest BCUT2D eigenvalue weighted by molar-refractivity contribution is 6.02. The van der Waals surface area contributed by atoms with Crippen LogP contribution >= 0.6 is 0 Å². The van der Waals surface area contributed by atoms with Crippen molar-refractivity contribution in [1.82, 2.24) is 0 Å². The molecular weight excluding hydrogens is 504 g/mol. The molecule has 9 nitrogen and oxygen atoms in total. The maximum absolute atomic E-state index is 13.2. The van der Waals surface area contributed by atoms with Crippen LogP contribution in [0.4, 0.5) is 0 Å². The highest BCUT2D eigenvalue weighted by atomic mass is 16.6. The van der Waals surface area contributed by atoms with Crippen LogP contribution in [0.25, 0.3) is 0 Å². The number of esters is 2. The van der Waals surface area contributed by atoms with Gasteiger partial charge in [-0.15, -0.1) is 0 Å². The molecule has 2 aliphatic heterocycles. The van der Waals surface area contributed by atoms with Gasteiger partial charge in [0.25, 0.3) is 0 Å². The fourth-order valence-electron chi connectivity index (χ4n) is 8.56. The number of hydrogen-bond donors (Lipinski definition) is 3. The van der Waals surface area contributed by atoms with Gasteiger partial charge >= 0.3 is 11.9 Å². The molecule has 39 heavy (non-hydrogen) atoms. The molecule has 6 rings (SSSR count). The minimum Gasteiger partial charge on any atom is -0.459 e. The lowest BCUT2D eigenvalue weighted by atomic mass is 9.63. The Balaban J connectivity index is 1.33. The molecule has 0 spiro atoms. The molecule has 9 heteroatoms. The van der Waals surface area contributed by atoms with Crippen molar-refractivity contribution >= 4 is 23.5 Å². The molecule has 0 amide bonds. The Bertz CT molecular complexity index is 1290. The number of aliphatic hydroxyl groups is 3. The Labute approximate surface area is 226 Å². The van der Waals surface area contributed by atoms with Gasteiger partial charge in [0.05, 0.1) is 5.41 Å². The van der Waals surface area contributed by atoms with Crippen LogP contribution in [0.5, 0.6) is 0 Å². The summed E-state index contributed by atoms with van der Waals surface area (Å²) in [4.78, 5) is 52.5. The summed E-state index contributed by atoms with van der Waals surface area (Å²) in [7, 11) is 0. The Kier molecular flexibility index (Phi) is 5.44. The molecule has 6 aliphatic rings. The zero-order valence-corrected chi connectivity index (χ0v) is 22.7. The third-order valence-corrected chi connectivity index (χ3v) is 11.5. The molecule has 0 aromatic heterocycles. The summed E-state index contributed by atoms with van der Waals surface area (Å²) < 4.78 is 11.5. The second kappa shape index (κ2) is 7.98. The first-order valence-corrected chi connectivity index (χ1v) is 13.9. The van der Waals surface area contributed by atoms with Gasteiger partial charge in [0.1, 0.15) is 28.8 Å². The number of allylic oxidation sites excluding steroid dienone is 2. The van der Waals surface area contributed by atoms with Crippen molar-refractivity contribution in [1.29, 1.82) is 0 Å². The third kappa shape index (κ3) is 2.96. The smallest absolute Gasteiger partial charge is 0.338 e. The summed E-state index contributed by atoms with van der Waals surface area (Å²) in [5.41, 5.74) is -6.80. The van der Waals surface area contributed by atoms with Gasteiger partial charge in [-0.2, -0.15) is 0 Å². The van der Waals surface area contributed by atoms with E-state index in [4.69, 9.17) is 9.47 Å². The molecule has 3 N–H and O–H groups in total. The van der Waals surface area contributed by atoms with E-state index >= 15 is 0 Å². The van der Waals surface area contributed by atoms with Gasteiger partial charge in [-0.25, -0.2) is 9.59 Å². The molecule has 10 atom stereocenters. The third-order valence-electron chi connectivity index (χ3n) is 11.5. The van der Waals surface area contributed by atoms with E-state index < -0.39 is 57.7 Å². The SMILES string of the molecule is C[C@H]1CCC2=C(CC[C@@]3(O)C(=O)O[C@@H]4[C@H]3CC[C@H](C)[C@]3(O)C=CC(=O)[C@@]43C)C(=O)O[C@H]2[C@]2(C)C(=O)C=C[C@@]12O. The summed E-state index contributed by atoms with van der Waals surface area (Å²) in [5.74, 6) is -3.46. The quantitative estimate of drug-likeness (QED) is 0.456. The van der Waals surface area contributed by atoms with Crippen molar-refractivity contribution in [3.8, 4) is 0 Å². The predicted octanol–water partition coefficient (Wildman–Crippen LogP) is 1.87. The summed E-state index contributed by atoms with van der Waals surface area (Å²) >= 11 is 0. The monoisotopic (exact) mass is 540 g/mol. The van der Waals surface area contributed by atoms with Gasteiger partial charge in [-0.05, 0) is 94.1 Å². The van der Waals surface area contributed by atoms with Crippen LogP contribution in [0, 0.1) is 28.6 Å². The van der Waals surface area contributed by atoms with Gasteiger partial charge in [-0.1, -0.05) is 13.8 Å². The highest BCUT2D eigenvalue weighted by Crippen LogP contribution is 2.59. The number of ketones is 2. The van der Waals surface area contributed by atoms with Gasteiger partial charge < -0.3 is 24.8 Å². The van der Waals surface area contributed by atoms with E-state index in [9.17, 15) is 34.5 Å². The second-order valence-corrected chi connectivity index (χ2v) is 13.0. The Morgan fingerprint density at radius 3 is 2.10 bits per heavy atom. The fourth-order valence-corrected chi connectivity index (χ4v) is 8.56. The van der Waals surface area contributed by atoms with Crippen LogP contribution in [-0.4, -0.2) is 67.8 Å². The van der Waals surface area contributed by atoms with E-state index in [1.807, 2.05) is 13.8 Å². The number of ether oxygens (including phenoxy) is 2. The molecule has 0 aromatic carbocycles. The van der Waals surface area contributed by atoms with Crippen molar-refractivity contribution in [2.24, 2.45) is 28.6 Å². The van der Waals surface area contributed by atoms with Crippen LogP contribution in [0.2, 0.25) is 0 Å². The molecule has 4 aliphatic carbocycles. The average Bonchev–Trinajstić information content (AvgIpc) is 3.48.